The molecule has 0 fully saturated rings. The van der Waals surface area contributed by atoms with Crippen LogP contribution < -0.4 is 9.80 Å². The Labute approximate surface area is 209 Å². The van der Waals surface area contributed by atoms with Crippen LogP contribution in [0.4, 0.5) is 10.5 Å². The van der Waals surface area contributed by atoms with Crippen molar-refractivity contribution in [3.63, 3.8) is 0 Å². The van der Waals surface area contributed by atoms with Gasteiger partial charge in [0, 0.05) is 0 Å². The molecule has 0 aliphatic heterocycles. The highest BCUT2D eigenvalue weighted by Crippen LogP contribution is 2.22. The first kappa shape index (κ1) is 30.2. The van der Waals surface area contributed by atoms with Crippen molar-refractivity contribution in [2.45, 2.75) is 122 Å². The third-order valence-corrected chi connectivity index (χ3v) is 7.00. The van der Waals surface area contributed by atoms with Gasteiger partial charge in [0.25, 0.3) is 0 Å². The van der Waals surface area contributed by atoms with E-state index < -0.39 is 6.09 Å². The third kappa shape index (κ3) is 13.7. The van der Waals surface area contributed by atoms with Crippen LogP contribution in [-0.2, 0) is 0 Å². The number of guanidine groups is 1. The van der Waals surface area contributed by atoms with Crippen molar-refractivity contribution in [2.75, 3.05) is 13.6 Å². The van der Waals surface area contributed by atoms with Gasteiger partial charge < -0.3 is 5.11 Å². The van der Waals surface area contributed by atoms with Gasteiger partial charge in [0.05, 0.1) is 13.6 Å². The summed E-state index contributed by atoms with van der Waals surface area (Å²) < 4.78 is 0.187. The van der Waals surface area contributed by atoms with Gasteiger partial charge in [-0.05, 0) is 25.0 Å². The number of quaternary nitrogens is 1. The lowest BCUT2D eigenvalue weighted by atomic mass is 10.0. The maximum absolute atomic E-state index is 11.1. The average molecular weight is 475 g/mol. The molecule has 5 heteroatoms. The van der Waals surface area contributed by atoms with Gasteiger partial charge in [0.2, 0.25) is 0 Å². The number of carbonyl (C=O) groups is 1. The number of rotatable bonds is 20. The third-order valence-electron chi connectivity index (χ3n) is 7.00. The summed E-state index contributed by atoms with van der Waals surface area (Å²) >= 11 is 0. The SMILES string of the molecule is CCCCCCCCCCCCCCCCCCCC[N+](C)(C(=N)NC(=O)O)c1ccccc1. The molecule has 0 bridgehead atoms. The summed E-state index contributed by atoms with van der Waals surface area (Å²) in [4.78, 5) is 11.1. The normalized spacial score (nSPS) is 12.9. The van der Waals surface area contributed by atoms with Crippen molar-refractivity contribution in [1.29, 1.82) is 5.41 Å². The molecule has 3 N–H and O–H groups in total. The van der Waals surface area contributed by atoms with Gasteiger partial charge in [-0.1, -0.05) is 128 Å². The van der Waals surface area contributed by atoms with Gasteiger partial charge >= 0.3 is 12.1 Å². The monoisotopic (exact) mass is 474 g/mol. The summed E-state index contributed by atoms with van der Waals surface area (Å²) in [5.41, 5.74) is 0.938. The summed E-state index contributed by atoms with van der Waals surface area (Å²) in [5.74, 6) is 0.00525. The van der Waals surface area contributed by atoms with E-state index in [1.54, 1.807) is 0 Å². The van der Waals surface area contributed by atoms with Crippen molar-refractivity contribution in [3.05, 3.63) is 30.3 Å². The van der Waals surface area contributed by atoms with E-state index in [1.807, 2.05) is 37.4 Å². The first-order valence-electron chi connectivity index (χ1n) is 14.0. The van der Waals surface area contributed by atoms with E-state index >= 15 is 0 Å². The number of nitrogens with zero attached hydrogens (tertiary/aromatic N) is 1. The molecular formula is C29H52N3O2+. The van der Waals surface area contributed by atoms with Crippen molar-refractivity contribution in [1.82, 2.24) is 9.80 Å². The Morgan fingerprint density at radius 3 is 1.50 bits per heavy atom. The maximum atomic E-state index is 11.1. The molecule has 194 valence electrons. The summed E-state index contributed by atoms with van der Waals surface area (Å²) in [5, 5.41) is 19.6. The first-order chi connectivity index (χ1) is 16.5. The molecule has 0 aromatic heterocycles. The van der Waals surface area contributed by atoms with Crippen molar-refractivity contribution in [2.24, 2.45) is 0 Å². The van der Waals surface area contributed by atoms with Crippen LogP contribution in [0, 0.1) is 5.41 Å². The highest BCUT2D eigenvalue weighted by Gasteiger charge is 2.32. The number of hydrogen-bond acceptors (Lipinski definition) is 2. The minimum absolute atomic E-state index is 0.00525. The van der Waals surface area contributed by atoms with Crippen LogP contribution >= 0.6 is 0 Å². The van der Waals surface area contributed by atoms with Crippen molar-refractivity contribution in [3.8, 4) is 0 Å². The topological polar surface area (TPSA) is 73.2 Å². The Kier molecular flexibility index (Phi) is 17.2. The second-order valence-corrected chi connectivity index (χ2v) is 10.0. The quantitative estimate of drug-likeness (QED) is 0.0764. The molecule has 34 heavy (non-hydrogen) atoms. The zero-order valence-corrected chi connectivity index (χ0v) is 22.1. The Morgan fingerprint density at radius 2 is 1.12 bits per heavy atom. The predicted octanol–water partition coefficient (Wildman–Crippen LogP) is 8.87. The van der Waals surface area contributed by atoms with E-state index in [1.165, 1.54) is 103 Å². The van der Waals surface area contributed by atoms with Gasteiger partial charge in [0.15, 0.2) is 0 Å². The van der Waals surface area contributed by atoms with Crippen LogP contribution in [0.25, 0.3) is 0 Å². The zero-order chi connectivity index (χ0) is 24.9. The summed E-state index contributed by atoms with van der Waals surface area (Å²) in [6, 6.07) is 9.75. The molecule has 5 nitrogen and oxygen atoms in total. The van der Waals surface area contributed by atoms with E-state index in [9.17, 15) is 4.79 Å². The molecule has 0 saturated carbocycles. The highest BCUT2D eigenvalue weighted by atomic mass is 16.4. The molecule has 1 aromatic carbocycles. The van der Waals surface area contributed by atoms with E-state index in [0.29, 0.717) is 0 Å². The Bertz CT molecular complexity index is 650. The van der Waals surface area contributed by atoms with Gasteiger partial charge in [0.1, 0.15) is 5.69 Å². The number of unbranched alkanes of at least 4 members (excludes halogenated alkanes) is 17. The summed E-state index contributed by atoms with van der Waals surface area (Å²) in [6.45, 7) is 3.00. The molecule has 0 aliphatic carbocycles. The molecule has 1 aromatic rings. The fraction of sp³-hybridized carbons (Fsp3) is 0.724. The van der Waals surface area contributed by atoms with Crippen LogP contribution in [0.3, 0.4) is 0 Å². The number of carboxylic acid groups (broad SMARTS) is 1. The fourth-order valence-electron chi connectivity index (χ4n) is 4.68. The van der Waals surface area contributed by atoms with Crippen molar-refractivity contribution >= 4 is 17.7 Å². The van der Waals surface area contributed by atoms with Gasteiger partial charge in [-0.25, -0.2) is 20.0 Å². The number of para-hydroxylation sites is 1. The predicted molar refractivity (Wildman–Crippen MR) is 147 cm³/mol. The molecule has 1 atom stereocenters. The second-order valence-electron chi connectivity index (χ2n) is 10.0. The van der Waals surface area contributed by atoms with Gasteiger partial charge in [-0.3, -0.25) is 0 Å². The average Bonchev–Trinajstić information content (AvgIpc) is 2.83. The number of hydrogen-bond donors (Lipinski definition) is 3. The minimum atomic E-state index is -1.18. The van der Waals surface area contributed by atoms with E-state index in [0.717, 1.165) is 25.1 Å². The van der Waals surface area contributed by atoms with Crippen LogP contribution in [0.15, 0.2) is 30.3 Å². The van der Waals surface area contributed by atoms with E-state index in [-0.39, 0.29) is 10.4 Å². The lowest BCUT2D eigenvalue weighted by molar-refractivity contribution is 0.198. The first-order valence-corrected chi connectivity index (χ1v) is 14.0. The molecule has 0 aliphatic rings. The number of benzene rings is 1. The standard InChI is InChI=1S/C29H51N3O2/c1-3-4-5-6-7-8-9-10-11-12-13-14-15-16-17-18-19-23-26-32(2,28(30)31-29(33)34)27-24-21-20-22-25-27/h20-22,24-25H,3-19,23,26H2,1-2H3,(H2-,30,31,33,34)/p+1. The summed E-state index contributed by atoms with van der Waals surface area (Å²) in [7, 11) is 1.92. The minimum Gasteiger partial charge on any atom is -0.465 e. The molecule has 1 amide bonds. The van der Waals surface area contributed by atoms with Gasteiger partial charge in [-0.2, -0.15) is 0 Å². The second kappa shape index (κ2) is 19.4. The summed E-state index contributed by atoms with van der Waals surface area (Å²) in [6.07, 6.45) is 23.0. The van der Waals surface area contributed by atoms with Crippen LogP contribution in [0.1, 0.15) is 122 Å². The van der Waals surface area contributed by atoms with E-state index in [4.69, 9.17) is 10.5 Å². The zero-order valence-electron chi connectivity index (χ0n) is 22.1. The van der Waals surface area contributed by atoms with Crippen LogP contribution in [-0.4, -0.2) is 30.8 Å². The Balaban J connectivity index is 2.05. The van der Waals surface area contributed by atoms with Crippen molar-refractivity contribution < 1.29 is 9.90 Å². The molecule has 0 spiro atoms. The molecule has 0 saturated heterocycles. The smallest absolute Gasteiger partial charge is 0.414 e. The molecule has 1 rings (SSSR count). The Morgan fingerprint density at radius 1 is 0.735 bits per heavy atom. The number of amides is 1. The lowest BCUT2D eigenvalue weighted by Crippen LogP contribution is -2.57. The van der Waals surface area contributed by atoms with Crippen LogP contribution in [0.5, 0.6) is 0 Å². The largest absolute Gasteiger partial charge is 0.465 e. The molecule has 0 radical (unpaired) electrons. The molecule has 1 unspecified atom stereocenters. The van der Waals surface area contributed by atoms with Crippen LogP contribution in [0.2, 0.25) is 0 Å². The maximum Gasteiger partial charge on any atom is 0.414 e. The van der Waals surface area contributed by atoms with E-state index in [2.05, 4.69) is 12.2 Å². The highest BCUT2D eigenvalue weighted by molar-refractivity contribution is 5.97. The number of nitrogens with one attached hydrogen (secondary N) is 2. The lowest BCUT2D eigenvalue weighted by Gasteiger charge is -2.32. The molecular weight excluding hydrogens is 422 g/mol. The Hall–Kier alpha value is -1.88. The van der Waals surface area contributed by atoms with Gasteiger partial charge in [-0.15, -0.1) is 0 Å². The molecule has 0 heterocycles. The fourth-order valence-corrected chi connectivity index (χ4v) is 4.68.